The normalized spacial score (nSPS) is 11.9. The lowest BCUT2D eigenvalue weighted by Crippen LogP contribution is -2.43. The van der Waals surface area contributed by atoms with Crippen molar-refractivity contribution in [2.24, 2.45) is 14.1 Å². The molecule has 8 nitrogen and oxygen atoms in total. The maximum Gasteiger partial charge on any atom is 0.340 e. The molecule has 0 saturated carbocycles. The van der Waals surface area contributed by atoms with Crippen LogP contribution >= 0.6 is 23.4 Å². The van der Waals surface area contributed by atoms with Crippen molar-refractivity contribution in [3.05, 3.63) is 55.2 Å². The number of benzene rings is 1. The van der Waals surface area contributed by atoms with E-state index >= 15 is 0 Å². The summed E-state index contributed by atoms with van der Waals surface area (Å²) in [6, 6.07) is 4.84. The van der Waals surface area contributed by atoms with Crippen molar-refractivity contribution in [2.75, 3.05) is 12.0 Å². The van der Waals surface area contributed by atoms with E-state index in [2.05, 4.69) is 0 Å². The number of anilines is 1. The van der Waals surface area contributed by atoms with E-state index < -0.39 is 34.7 Å². The van der Waals surface area contributed by atoms with Gasteiger partial charge in [0, 0.05) is 19.0 Å². The number of aromatic nitrogens is 2. The minimum absolute atomic E-state index is 0.101. The topological polar surface area (TPSA) is 113 Å². The second-order valence-corrected chi connectivity index (χ2v) is 7.01. The molecule has 1 heterocycles. The first-order valence-corrected chi connectivity index (χ1v) is 9.34. The van der Waals surface area contributed by atoms with Gasteiger partial charge in [-0.3, -0.25) is 18.7 Å². The highest BCUT2D eigenvalue weighted by Gasteiger charge is 2.28. The summed E-state index contributed by atoms with van der Waals surface area (Å²) >= 11 is 7.44. The van der Waals surface area contributed by atoms with E-state index in [9.17, 15) is 19.2 Å². The maximum atomic E-state index is 12.7. The third-order valence-corrected chi connectivity index (χ3v) is 5.06. The molecule has 1 aromatic heterocycles. The quantitative estimate of drug-likeness (QED) is 0.450. The fraction of sp³-hybridized carbons (Fsp3) is 0.294. The molecule has 0 aliphatic rings. The smallest absolute Gasteiger partial charge is 0.340 e. The molecule has 27 heavy (non-hydrogen) atoms. The molecule has 0 spiro atoms. The van der Waals surface area contributed by atoms with E-state index in [1.54, 1.807) is 18.2 Å². The first-order valence-electron chi connectivity index (χ1n) is 7.74. The summed E-state index contributed by atoms with van der Waals surface area (Å²) < 4.78 is 6.91. The van der Waals surface area contributed by atoms with Crippen molar-refractivity contribution in [3.63, 3.8) is 0 Å². The fourth-order valence-electron chi connectivity index (χ4n) is 2.36. The monoisotopic (exact) mass is 411 g/mol. The highest BCUT2D eigenvalue weighted by Crippen LogP contribution is 2.24. The predicted molar refractivity (Wildman–Crippen MR) is 104 cm³/mol. The molecule has 0 aliphatic heterocycles. The van der Waals surface area contributed by atoms with E-state index in [0.29, 0.717) is 0 Å². The summed E-state index contributed by atoms with van der Waals surface area (Å²) in [6.07, 6.45) is 0.530. The Kier molecular flexibility index (Phi) is 6.17. The number of nitrogens with two attached hydrogens (primary N) is 1. The van der Waals surface area contributed by atoms with Gasteiger partial charge in [0.2, 0.25) is 5.78 Å². The van der Waals surface area contributed by atoms with Gasteiger partial charge in [-0.1, -0.05) is 11.6 Å². The van der Waals surface area contributed by atoms with Gasteiger partial charge in [-0.05, 0) is 31.4 Å². The van der Waals surface area contributed by atoms with E-state index in [0.717, 1.165) is 14.0 Å². The molecule has 2 aromatic rings. The Hall–Kier alpha value is -2.52. The molecule has 144 valence electrons. The number of rotatable bonds is 5. The molecule has 0 saturated heterocycles. The van der Waals surface area contributed by atoms with Crippen LogP contribution in [-0.4, -0.2) is 33.2 Å². The third-order valence-electron chi connectivity index (χ3n) is 4.00. The maximum absolute atomic E-state index is 12.7. The zero-order valence-corrected chi connectivity index (χ0v) is 16.7. The lowest BCUT2D eigenvalue weighted by molar-refractivity contribution is 0.0318. The van der Waals surface area contributed by atoms with Gasteiger partial charge < -0.3 is 10.5 Å². The average molecular weight is 412 g/mol. The number of carbonyl (C=O) groups excluding carboxylic acids is 2. The number of hydrogen-bond donors (Lipinski definition) is 1. The minimum atomic E-state index is -1.31. The first-order chi connectivity index (χ1) is 12.6. The summed E-state index contributed by atoms with van der Waals surface area (Å²) in [5.41, 5.74) is 3.93. The number of Topliss-reactive ketones (excluding diaryl/α,β-unsaturated/α-hetero) is 1. The van der Waals surface area contributed by atoms with Gasteiger partial charge >= 0.3 is 11.7 Å². The summed E-state index contributed by atoms with van der Waals surface area (Å²) in [5, 5.41) is 0.176. The standard InChI is InChI=1S/C17H18ClN3O5S/c1-8(26-16(24)10-7-9(27-4)5-6-11(10)18)13(22)12-14(19)20(2)17(25)21(3)15(12)23/h5-8H,19H2,1-4H3/t8-/m0/s1. The van der Waals surface area contributed by atoms with Gasteiger partial charge in [0.15, 0.2) is 6.10 Å². The Bertz CT molecular complexity index is 1040. The van der Waals surface area contributed by atoms with Crippen molar-refractivity contribution >= 4 is 40.9 Å². The first kappa shape index (κ1) is 20.8. The van der Waals surface area contributed by atoms with Crippen molar-refractivity contribution in [1.82, 2.24) is 9.13 Å². The molecule has 0 aliphatic carbocycles. The molecule has 2 N–H and O–H groups in total. The van der Waals surface area contributed by atoms with Crippen LogP contribution in [0.1, 0.15) is 27.6 Å². The predicted octanol–water partition coefficient (Wildman–Crippen LogP) is 1.47. The zero-order chi connectivity index (χ0) is 20.5. The van der Waals surface area contributed by atoms with Crippen LogP contribution in [0.4, 0.5) is 5.82 Å². The Balaban J connectivity index is 2.36. The lowest BCUT2D eigenvalue weighted by Gasteiger charge is -2.16. The second kappa shape index (κ2) is 8.01. The highest BCUT2D eigenvalue weighted by molar-refractivity contribution is 7.98. The van der Waals surface area contributed by atoms with E-state index in [4.69, 9.17) is 22.1 Å². The second-order valence-electron chi connectivity index (χ2n) is 5.72. The number of hydrogen-bond acceptors (Lipinski definition) is 7. The largest absolute Gasteiger partial charge is 0.451 e. The van der Waals surface area contributed by atoms with Crippen LogP contribution in [0.25, 0.3) is 0 Å². The Morgan fingerprint density at radius 1 is 1.22 bits per heavy atom. The van der Waals surface area contributed by atoms with Crippen LogP contribution < -0.4 is 17.0 Å². The van der Waals surface area contributed by atoms with Crippen LogP contribution in [-0.2, 0) is 18.8 Å². The van der Waals surface area contributed by atoms with Crippen molar-refractivity contribution < 1.29 is 14.3 Å². The summed E-state index contributed by atoms with van der Waals surface area (Å²) in [7, 11) is 2.56. The number of ketones is 1. The molecule has 2 rings (SSSR count). The Morgan fingerprint density at radius 3 is 2.44 bits per heavy atom. The summed E-state index contributed by atoms with van der Waals surface area (Å²) in [4.78, 5) is 50.0. The number of carbonyl (C=O) groups is 2. The van der Waals surface area contributed by atoms with Crippen LogP contribution in [0.15, 0.2) is 32.7 Å². The van der Waals surface area contributed by atoms with Crippen LogP contribution in [0.3, 0.4) is 0 Å². The van der Waals surface area contributed by atoms with Crippen molar-refractivity contribution in [2.45, 2.75) is 17.9 Å². The minimum Gasteiger partial charge on any atom is -0.451 e. The molecule has 1 atom stereocenters. The van der Waals surface area contributed by atoms with Gasteiger partial charge in [0.05, 0.1) is 10.6 Å². The highest BCUT2D eigenvalue weighted by atomic mass is 35.5. The van der Waals surface area contributed by atoms with Gasteiger partial charge in [-0.2, -0.15) is 0 Å². The molecular weight excluding hydrogens is 394 g/mol. The van der Waals surface area contributed by atoms with Crippen molar-refractivity contribution in [3.8, 4) is 0 Å². The number of thioether (sulfide) groups is 1. The van der Waals surface area contributed by atoms with Crippen molar-refractivity contribution in [1.29, 1.82) is 0 Å². The molecule has 0 radical (unpaired) electrons. The molecule has 1 aromatic carbocycles. The number of ether oxygens (including phenoxy) is 1. The average Bonchev–Trinajstić information content (AvgIpc) is 2.65. The van der Waals surface area contributed by atoms with E-state index in [-0.39, 0.29) is 16.4 Å². The molecule has 0 amide bonds. The lowest BCUT2D eigenvalue weighted by atomic mass is 10.1. The summed E-state index contributed by atoms with van der Waals surface area (Å²) in [5.74, 6) is -1.91. The SMILES string of the molecule is CSc1ccc(Cl)c(C(=O)O[C@@H](C)C(=O)c2c(N)n(C)c(=O)n(C)c2=O)c1. The number of nitrogens with zero attached hydrogens (tertiary/aromatic N) is 2. The van der Waals surface area contributed by atoms with Crippen LogP contribution in [0.5, 0.6) is 0 Å². The zero-order valence-electron chi connectivity index (χ0n) is 15.1. The Labute approximate surface area is 163 Å². The van der Waals surface area contributed by atoms with E-state index in [1.165, 1.54) is 32.8 Å². The third kappa shape index (κ3) is 3.93. The molecule has 0 bridgehead atoms. The number of halogens is 1. The van der Waals surface area contributed by atoms with Gasteiger partial charge in [-0.15, -0.1) is 11.8 Å². The number of nitrogen functional groups attached to an aromatic ring is 1. The molecule has 0 unspecified atom stereocenters. The Morgan fingerprint density at radius 2 is 1.85 bits per heavy atom. The summed E-state index contributed by atoms with van der Waals surface area (Å²) in [6.45, 7) is 1.32. The van der Waals surface area contributed by atoms with Gasteiger partial charge in [-0.25, -0.2) is 9.59 Å². The van der Waals surface area contributed by atoms with Crippen LogP contribution in [0.2, 0.25) is 5.02 Å². The molecular formula is C17H18ClN3O5S. The van der Waals surface area contributed by atoms with Gasteiger partial charge in [0.1, 0.15) is 11.4 Å². The molecule has 10 heteroatoms. The number of esters is 1. The van der Waals surface area contributed by atoms with Crippen LogP contribution in [0, 0.1) is 0 Å². The fourth-order valence-corrected chi connectivity index (χ4v) is 2.99. The van der Waals surface area contributed by atoms with E-state index in [1.807, 2.05) is 6.26 Å². The van der Waals surface area contributed by atoms with Gasteiger partial charge in [0.25, 0.3) is 5.56 Å². The molecule has 0 fully saturated rings.